The maximum absolute atomic E-state index is 12.5. The average Bonchev–Trinajstić information content (AvgIpc) is 3.17. The summed E-state index contributed by atoms with van der Waals surface area (Å²) in [5.41, 5.74) is 4.46. The van der Waals surface area contributed by atoms with Crippen LogP contribution in [0.25, 0.3) is 5.65 Å². The third kappa shape index (κ3) is 2.76. The summed E-state index contributed by atoms with van der Waals surface area (Å²) in [6.07, 6.45) is 5.72. The number of aliphatic hydroxyl groups excluding tert-OH is 1. The van der Waals surface area contributed by atoms with Crippen LogP contribution in [0.2, 0.25) is 0 Å². The van der Waals surface area contributed by atoms with Crippen LogP contribution in [-0.2, 0) is 19.3 Å². The molecule has 0 spiro atoms. The van der Waals surface area contributed by atoms with E-state index >= 15 is 0 Å². The van der Waals surface area contributed by atoms with Crippen molar-refractivity contribution in [1.29, 1.82) is 0 Å². The van der Waals surface area contributed by atoms with Crippen molar-refractivity contribution in [1.82, 2.24) is 19.9 Å². The van der Waals surface area contributed by atoms with Crippen LogP contribution in [0.1, 0.15) is 27.2 Å². The van der Waals surface area contributed by atoms with Crippen LogP contribution in [-0.4, -0.2) is 38.3 Å². The van der Waals surface area contributed by atoms with Gasteiger partial charge in [0.1, 0.15) is 0 Å². The van der Waals surface area contributed by atoms with E-state index in [1.54, 1.807) is 23.0 Å². The molecule has 1 aromatic carbocycles. The molecule has 0 atom stereocenters. The Bertz CT molecular complexity index is 878. The van der Waals surface area contributed by atoms with Gasteiger partial charge in [0.25, 0.3) is 5.91 Å². The number of nitrogens with zero attached hydrogens (tertiary/aromatic N) is 3. The fourth-order valence-corrected chi connectivity index (χ4v) is 3.20. The smallest absolute Gasteiger partial charge is 0.272 e. The molecular weight excluding hydrogens is 304 g/mol. The number of rotatable bonds is 4. The highest BCUT2D eigenvalue weighted by atomic mass is 16.3. The second-order valence-electron chi connectivity index (χ2n) is 6.12. The first-order valence-corrected chi connectivity index (χ1v) is 8.06. The number of fused-ring (bicyclic) bond motifs is 2. The molecule has 0 unspecified atom stereocenters. The Kier molecular flexibility index (Phi) is 3.74. The van der Waals surface area contributed by atoms with Gasteiger partial charge >= 0.3 is 0 Å². The number of nitrogens with one attached hydrogen (secondary N) is 1. The molecule has 6 heteroatoms. The van der Waals surface area contributed by atoms with E-state index in [-0.39, 0.29) is 18.6 Å². The second kappa shape index (κ2) is 6.05. The molecule has 2 aromatic heterocycles. The first-order chi connectivity index (χ1) is 11.7. The van der Waals surface area contributed by atoms with Gasteiger partial charge in [-0.1, -0.05) is 24.3 Å². The summed E-state index contributed by atoms with van der Waals surface area (Å²) in [4.78, 5) is 16.8. The molecule has 0 saturated heterocycles. The molecule has 3 aromatic rings. The van der Waals surface area contributed by atoms with Gasteiger partial charge in [0.15, 0.2) is 11.3 Å². The average molecular weight is 322 g/mol. The summed E-state index contributed by atoms with van der Waals surface area (Å²) in [6.45, 7) is 0.0596. The Morgan fingerprint density at radius 1 is 1.29 bits per heavy atom. The number of benzene rings is 1. The second-order valence-corrected chi connectivity index (χ2v) is 6.12. The lowest BCUT2D eigenvalue weighted by molar-refractivity contribution is 0.0933. The van der Waals surface area contributed by atoms with Crippen LogP contribution in [0.5, 0.6) is 0 Å². The van der Waals surface area contributed by atoms with Crippen molar-refractivity contribution in [3.63, 3.8) is 0 Å². The predicted octanol–water partition coefficient (Wildman–Crippen LogP) is 1.16. The molecular formula is C18H18N4O2. The number of hydrogen-bond donors (Lipinski definition) is 2. The van der Waals surface area contributed by atoms with Crippen LogP contribution < -0.4 is 5.32 Å². The molecule has 6 nitrogen and oxygen atoms in total. The van der Waals surface area contributed by atoms with Crippen LogP contribution in [0.4, 0.5) is 0 Å². The first-order valence-electron chi connectivity index (χ1n) is 8.06. The number of carbonyl (C=O) groups is 1. The lowest BCUT2D eigenvalue weighted by Crippen LogP contribution is -2.35. The largest absolute Gasteiger partial charge is 0.396 e. The third-order valence-corrected chi connectivity index (χ3v) is 4.39. The van der Waals surface area contributed by atoms with Crippen molar-refractivity contribution in [2.75, 3.05) is 6.61 Å². The van der Waals surface area contributed by atoms with E-state index in [0.717, 1.165) is 18.4 Å². The summed E-state index contributed by atoms with van der Waals surface area (Å²) >= 11 is 0. The van der Waals surface area contributed by atoms with E-state index in [0.29, 0.717) is 17.8 Å². The topological polar surface area (TPSA) is 79.5 Å². The predicted molar refractivity (Wildman–Crippen MR) is 88.9 cm³/mol. The van der Waals surface area contributed by atoms with Crippen LogP contribution in [0.3, 0.4) is 0 Å². The minimum absolute atomic E-state index is 0.0596. The number of carbonyl (C=O) groups excluding carboxylic acids is 1. The van der Waals surface area contributed by atoms with Crippen LogP contribution in [0, 0.1) is 0 Å². The Morgan fingerprint density at radius 3 is 2.75 bits per heavy atom. The number of amides is 1. The summed E-state index contributed by atoms with van der Waals surface area (Å²) in [7, 11) is 0. The van der Waals surface area contributed by atoms with Gasteiger partial charge in [-0.05, 0) is 36.0 Å². The molecule has 2 N–H and O–H groups in total. The van der Waals surface area contributed by atoms with Crippen LogP contribution in [0.15, 0.2) is 42.7 Å². The van der Waals surface area contributed by atoms with Crippen molar-refractivity contribution in [2.24, 2.45) is 0 Å². The molecule has 1 amide bonds. The van der Waals surface area contributed by atoms with Crippen molar-refractivity contribution in [3.8, 4) is 0 Å². The van der Waals surface area contributed by atoms with Gasteiger partial charge in [-0.15, -0.1) is 0 Å². The summed E-state index contributed by atoms with van der Waals surface area (Å²) in [5, 5.41) is 16.4. The molecule has 0 radical (unpaired) electrons. The maximum Gasteiger partial charge on any atom is 0.272 e. The number of hydrogen-bond acceptors (Lipinski definition) is 4. The monoisotopic (exact) mass is 322 g/mol. The van der Waals surface area contributed by atoms with E-state index < -0.39 is 0 Å². The van der Waals surface area contributed by atoms with Crippen molar-refractivity contribution >= 4 is 11.6 Å². The SMILES string of the molecule is O=C(NC1Cc2ccccc2C1)c1cc2ncc(CCO)cn2n1. The number of aliphatic hydroxyl groups is 1. The van der Waals surface area contributed by atoms with Crippen molar-refractivity contribution < 1.29 is 9.90 Å². The van der Waals surface area contributed by atoms with Crippen molar-refractivity contribution in [2.45, 2.75) is 25.3 Å². The Labute approximate surface area is 139 Å². The zero-order valence-corrected chi connectivity index (χ0v) is 13.1. The molecule has 0 saturated carbocycles. The fourth-order valence-electron chi connectivity index (χ4n) is 3.20. The standard InChI is InChI=1S/C18H18N4O2/c23-6-5-12-10-19-17-9-16(21-22(17)11-12)18(24)20-15-7-13-3-1-2-4-14(13)8-15/h1-4,9-11,15,23H,5-8H2,(H,20,24). The summed E-state index contributed by atoms with van der Waals surface area (Å²) < 4.78 is 1.59. The molecule has 122 valence electrons. The minimum Gasteiger partial charge on any atom is -0.396 e. The Morgan fingerprint density at radius 2 is 2.04 bits per heavy atom. The quantitative estimate of drug-likeness (QED) is 0.755. The van der Waals surface area contributed by atoms with Gasteiger partial charge in [-0.25, -0.2) is 9.50 Å². The summed E-state index contributed by atoms with van der Waals surface area (Å²) in [6, 6.07) is 10.1. The van der Waals surface area contributed by atoms with E-state index in [1.807, 2.05) is 12.1 Å². The van der Waals surface area contributed by atoms with Gasteiger partial charge in [0.2, 0.25) is 0 Å². The van der Waals surface area contributed by atoms with Gasteiger partial charge in [0, 0.05) is 31.1 Å². The lowest BCUT2D eigenvalue weighted by Gasteiger charge is -2.10. The molecule has 2 heterocycles. The minimum atomic E-state index is -0.179. The molecule has 0 aliphatic heterocycles. The normalized spacial score (nSPS) is 14.0. The lowest BCUT2D eigenvalue weighted by atomic mass is 10.1. The molecule has 0 bridgehead atoms. The number of aromatic nitrogens is 3. The Hall–Kier alpha value is -2.73. The Balaban J connectivity index is 1.50. The zero-order valence-electron chi connectivity index (χ0n) is 13.1. The van der Waals surface area contributed by atoms with E-state index in [9.17, 15) is 4.79 Å². The van der Waals surface area contributed by atoms with E-state index in [2.05, 4.69) is 27.5 Å². The molecule has 1 aliphatic carbocycles. The van der Waals surface area contributed by atoms with E-state index in [1.165, 1.54) is 11.1 Å². The summed E-state index contributed by atoms with van der Waals surface area (Å²) in [5.74, 6) is -0.179. The highest BCUT2D eigenvalue weighted by Gasteiger charge is 2.23. The maximum atomic E-state index is 12.5. The molecule has 0 fully saturated rings. The van der Waals surface area contributed by atoms with E-state index in [4.69, 9.17) is 5.11 Å². The molecule has 1 aliphatic rings. The van der Waals surface area contributed by atoms with Gasteiger partial charge < -0.3 is 10.4 Å². The highest BCUT2D eigenvalue weighted by molar-refractivity contribution is 5.93. The van der Waals surface area contributed by atoms with Gasteiger partial charge in [0.05, 0.1) is 0 Å². The van der Waals surface area contributed by atoms with Crippen LogP contribution >= 0.6 is 0 Å². The fraction of sp³-hybridized carbons (Fsp3) is 0.278. The van der Waals surface area contributed by atoms with Gasteiger partial charge in [-0.2, -0.15) is 5.10 Å². The van der Waals surface area contributed by atoms with Crippen molar-refractivity contribution in [3.05, 3.63) is 65.1 Å². The van der Waals surface area contributed by atoms with Gasteiger partial charge in [-0.3, -0.25) is 4.79 Å². The first kappa shape index (κ1) is 14.8. The zero-order chi connectivity index (χ0) is 16.5. The molecule has 24 heavy (non-hydrogen) atoms. The highest BCUT2D eigenvalue weighted by Crippen LogP contribution is 2.21. The molecule has 4 rings (SSSR count). The third-order valence-electron chi connectivity index (χ3n) is 4.39.